The number of hydrogen-bond acceptors (Lipinski definition) is 7. The fraction of sp³-hybridized carbons (Fsp3) is 0.526. The van der Waals surface area contributed by atoms with E-state index in [1.807, 2.05) is 29.8 Å². The van der Waals surface area contributed by atoms with Crippen molar-refractivity contribution in [2.24, 2.45) is 0 Å². The molecule has 2 aliphatic heterocycles. The predicted molar refractivity (Wildman–Crippen MR) is 105 cm³/mol. The maximum atomic E-state index is 10.6. The Kier molecular flexibility index (Phi) is 7.27. The Morgan fingerprint density at radius 3 is 2.43 bits per heavy atom. The summed E-state index contributed by atoms with van der Waals surface area (Å²) in [5.41, 5.74) is -0.0244. The Hall–Kier alpha value is -2.24. The van der Waals surface area contributed by atoms with E-state index in [1.54, 1.807) is 0 Å². The number of morpholine rings is 1. The van der Waals surface area contributed by atoms with Crippen LogP contribution in [0.2, 0.25) is 0 Å². The summed E-state index contributed by atoms with van der Waals surface area (Å²) in [6.07, 6.45) is 0.714. The molecule has 0 amide bonds. The van der Waals surface area contributed by atoms with Gasteiger partial charge in [-0.3, -0.25) is 4.90 Å². The van der Waals surface area contributed by atoms with Crippen LogP contribution >= 0.6 is 11.3 Å². The molecule has 2 aromatic heterocycles. The molecule has 0 aliphatic carbocycles. The number of halogens is 3. The lowest BCUT2D eigenvalue weighted by molar-refractivity contribution is -0.192. The van der Waals surface area contributed by atoms with Crippen LogP contribution in [0.3, 0.4) is 0 Å². The second-order valence-corrected chi connectivity index (χ2v) is 8.19. The number of piperidine rings is 1. The summed E-state index contributed by atoms with van der Waals surface area (Å²) in [5.74, 6) is -1.93. The van der Waals surface area contributed by atoms with E-state index in [0.29, 0.717) is 0 Å². The maximum absolute atomic E-state index is 10.6. The first kappa shape index (κ1) is 22.4. The van der Waals surface area contributed by atoms with E-state index in [-0.39, 0.29) is 5.60 Å². The van der Waals surface area contributed by atoms with Gasteiger partial charge in [0.15, 0.2) is 0 Å². The third-order valence-electron chi connectivity index (χ3n) is 5.05. The van der Waals surface area contributed by atoms with Crippen molar-refractivity contribution < 1.29 is 27.8 Å². The molecule has 2 fully saturated rings. The summed E-state index contributed by atoms with van der Waals surface area (Å²) in [5, 5.41) is 9.28. The van der Waals surface area contributed by atoms with Gasteiger partial charge in [0, 0.05) is 43.4 Å². The molecule has 11 heteroatoms. The van der Waals surface area contributed by atoms with Crippen molar-refractivity contribution >= 4 is 23.3 Å². The number of aliphatic carboxylic acids is 1. The fourth-order valence-corrected chi connectivity index (χ4v) is 4.26. The molecule has 0 atom stereocenters. The number of anilines is 1. The normalized spacial score (nSPS) is 19.2. The van der Waals surface area contributed by atoms with Crippen LogP contribution in [-0.4, -0.2) is 70.5 Å². The highest BCUT2D eigenvalue weighted by atomic mass is 32.1. The molecule has 164 valence electrons. The largest absolute Gasteiger partial charge is 0.490 e. The van der Waals surface area contributed by atoms with E-state index < -0.39 is 12.1 Å². The third-order valence-corrected chi connectivity index (χ3v) is 5.91. The summed E-state index contributed by atoms with van der Waals surface area (Å²) >= 11 is 1.84. The Balaban J connectivity index is 0.000000318. The van der Waals surface area contributed by atoms with Crippen LogP contribution < -0.4 is 4.90 Å². The monoisotopic (exact) mass is 444 g/mol. The number of nitrogens with zero attached hydrogens (tertiary/aromatic N) is 4. The molecular formula is C19H23F3N4O3S. The fourth-order valence-electron chi connectivity index (χ4n) is 3.51. The van der Waals surface area contributed by atoms with Gasteiger partial charge in [-0.05, 0) is 30.4 Å². The van der Waals surface area contributed by atoms with Crippen LogP contribution in [0.5, 0.6) is 0 Å². The molecule has 2 aliphatic rings. The number of carboxylic acid groups (broad SMARTS) is 1. The Morgan fingerprint density at radius 1 is 1.20 bits per heavy atom. The van der Waals surface area contributed by atoms with Crippen molar-refractivity contribution in [3.8, 4) is 0 Å². The second kappa shape index (κ2) is 9.71. The lowest BCUT2D eigenvalue weighted by Gasteiger charge is -2.47. The van der Waals surface area contributed by atoms with Gasteiger partial charge in [-0.1, -0.05) is 6.07 Å². The molecule has 2 saturated heterocycles. The number of thiophene rings is 1. The number of ether oxygens (including phenoxy) is 1. The molecule has 4 heterocycles. The number of likely N-dealkylation sites (tertiary alicyclic amines) is 1. The van der Waals surface area contributed by atoms with Crippen LogP contribution in [0.25, 0.3) is 0 Å². The molecule has 2 aromatic rings. The zero-order valence-electron chi connectivity index (χ0n) is 16.2. The van der Waals surface area contributed by atoms with Gasteiger partial charge < -0.3 is 14.7 Å². The van der Waals surface area contributed by atoms with Gasteiger partial charge in [-0.25, -0.2) is 14.8 Å². The predicted octanol–water partition coefficient (Wildman–Crippen LogP) is 3.04. The molecule has 0 radical (unpaired) electrons. The van der Waals surface area contributed by atoms with E-state index in [0.717, 1.165) is 58.1 Å². The summed E-state index contributed by atoms with van der Waals surface area (Å²) < 4.78 is 38.0. The van der Waals surface area contributed by atoms with Gasteiger partial charge in [0.1, 0.15) is 0 Å². The van der Waals surface area contributed by atoms with E-state index in [2.05, 4.69) is 37.3 Å². The second-order valence-electron chi connectivity index (χ2n) is 7.16. The van der Waals surface area contributed by atoms with Crippen molar-refractivity contribution in [2.75, 3.05) is 37.7 Å². The van der Waals surface area contributed by atoms with Crippen molar-refractivity contribution in [1.82, 2.24) is 14.9 Å². The average molecular weight is 444 g/mol. The standard InChI is InChI=1S/C17H22N4OS.C2HF3O2/c1-3-15(23-12-1)13-20-8-4-17(5-9-20)14-21(10-11-22-17)16-18-6-2-7-19-16;3-2(4,5)1(6)7/h1-3,6-7,12H,4-5,8-11,13-14H2;(H,6,7). The number of aromatic nitrogens is 2. The molecular weight excluding hydrogens is 421 g/mol. The minimum Gasteiger partial charge on any atom is -0.475 e. The minimum atomic E-state index is -5.08. The SMILES string of the molecule is O=C(O)C(F)(F)F.c1cnc(N2CCOC3(CCN(Cc4cccs4)CC3)C2)nc1. The summed E-state index contributed by atoms with van der Waals surface area (Å²) in [6.45, 7) is 5.82. The summed E-state index contributed by atoms with van der Waals surface area (Å²) in [4.78, 5) is 24.0. The van der Waals surface area contributed by atoms with Gasteiger partial charge >= 0.3 is 12.1 Å². The van der Waals surface area contributed by atoms with E-state index >= 15 is 0 Å². The van der Waals surface area contributed by atoms with Crippen molar-refractivity contribution in [1.29, 1.82) is 0 Å². The number of hydrogen-bond donors (Lipinski definition) is 1. The molecule has 1 N–H and O–H groups in total. The number of alkyl halides is 3. The number of carbonyl (C=O) groups is 1. The first-order valence-corrected chi connectivity index (χ1v) is 10.4. The van der Waals surface area contributed by atoms with Gasteiger partial charge in [0.05, 0.1) is 18.8 Å². The van der Waals surface area contributed by atoms with Crippen LogP contribution in [0.1, 0.15) is 17.7 Å². The molecule has 0 saturated carbocycles. The molecule has 4 rings (SSSR count). The minimum absolute atomic E-state index is 0.0244. The lowest BCUT2D eigenvalue weighted by atomic mass is 9.89. The zero-order valence-corrected chi connectivity index (χ0v) is 17.0. The highest BCUT2D eigenvalue weighted by Gasteiger charge is 2.40. The van der Waals surface area contributed by atoms with Gasteiger partial charge in [-0.15, -0.1) is 11.3 Å². The average Bonchev–Trinajstić information content (AvgIpc) is 3.24. The Morgan fingerprint density at radius 2 is 1.87 bits per heavy atom. The summed E-state index contributed by atoms with van der Waals surface area (Å²) in [7, 11) is 0. The lowest BCUT2D eigenvalue weighted by Crippen LogP contribution is -2.57. The Bertz CT molecular complexity index is 797. The van der Waals surface area contributed by atoms with Crippen molar-refractivity contribution in [2.45, 2.75) is 31.2 Å². The highest BCUT2D eigenvalue weighted by molar-refractivity contribution is 7.09. The maximum Gasteiger partial charge on any atom is 0.490 e. The van der Waals surface area contributed by atoms with Gasteiger partial charge in [0.25, 0.3) is 0 Å². The molecule has 0 unspecified atom stereocenters. The third kappa shape index (κ3) is 6.13. The van der Waals surface area contributed by atoms with Crippen LogP contribution in [0, 0.1) is 0 Å². The smallest absolute Gasteiger partial charge is 0.475 e. The summed E-state index contributed by atoms with van der Waals surface area (Å²) in [6, 6.07) is 6.22. The molecule has 0 bridgehead atoms. The highest BCUT2D eigenvalue weighted by Crippen LogP contribution is 2.32. The van der Waals surface area contributed by atoms with E-state index in [4.69, 9.17) is 14.6 Å². The van der Waals surface area contributed by atoms with Crippen molar-refractivity contribution in [3.63, 3.8) is 0 Å². The van der Waals surface area contributed by atoms with Gasteiger partial charge in [-0.2, -0.15) is 13.2 Å². The van der Waals surface area contributed by atoms with Crippen LogP contribution in [0.4, 0.5) is 19.1 Å². The number of rotatable bonds is 3. The first-order chi connectivity index (χ1) is 14.3. The zero-order chi connectivity index (χ0) is 21.6. The van der Waals surface area contributed by atoms with Crippen LogP contribution in [0.15, 0.2) is 36.0 Å². The topological polar surface area (TPSA) is 78.8 Å². The number of carboxylic acids is 1. The molecule has 0 aromatic carbocycles. The quantitative estimate of drug-likeness (QED) is 0.780. The first-order valence-electron chi connectivity index (χ1n) is 9.48. The van der Waals surface area contributed by atoms with Crippen LogP contribution in [-0.2, 0) is 16.1 Å². The van der Waals surface area contributed by atoms with E-state index in [1.165, 1.54) is 4.88 Å². The molecule has 30 heavy (non-hydrogen) atoms. The van der Waals surface area contributed by atoms with E-state index in [9.17, 15) is 13.2 Å². The van der Waals surface area contributed by atoms with Gasteiger partial charge in [0.2, 0.25) is 5.95 Å². The van der Waals surface area contributed by atoms with Crippen molar-refractivity contribution in [3.05, 3.63) is 40.8 Å². The molecule has 1 spiro atoms. The molecule has 7 nitrogen and oxygen atoms in total. The Labute approximate surface area is 176 Å².